The third-order valence-electron chi connectivity index (χ3n) is 5.40. The van der Waals surface area contributed by atoms with Crippen molar-refractivity contribution >= 4 is 0 Å². The van der Waals surface area contributed by atoms with Gasteiger partial charge in [-0.25, -0.2) is 0 Å². The molecule has 0 bridgehead atoms. The van der Waals surface area contributed by atoms with Crippen molar-refractivity contribution < 1.29 is 9.47 Å². The molecule has 0 fully saturated rings. The van der Waals surface area contributed by atoms with Crippen molar-refractivity contribution in [1.29, 1.82) is 0 Å². The zero-order chi connectivity index (χ0) is 19.5. The van der Waals surface area contributed by atoms with Crippen LogP contribution >= 0.6 is 0 Å². The lowest BCUT2D eigenvalue weighted by atomic mass is 9.96. The van der Waals surface area contributed by atoms with Gasteiger partial charge in [0.15, 0.2) is 0 Å². The molecular formula is C21H27N5O2. The van der Waals surface area contributed by atoms with Crippen molar-refractivity contribution in [3.8, 4) is 22.8 Å². The van der Waals surface area contributed by atoms with Crippen LogP contribution in [0.5, 0.6) is 11.5 Å². The number of H-pyrrole nitrogens is 2. The van der Waals surface area contributed by atoms with Gasteiger partial charge in [0, 0.05) is 36.0 Å². The smallest absolute Gasteiger partial charge is 0.131 e. The zero-order valence-electron chi connectivity index (χ0n) is 16.7. The third kappa shape index (κ3) is 3.62. The van der Waals surface area contributed by atoms with Crippen LogP contribution in [0.2, 0.25) is 0 Å². The van der Waals surface area contributed by atoms with E-state index >= 15 is 0 Å². The van der Waals surface area contributed by atoms with Crippen LogP contribution in [0.3, 0.4) is 0 Å². The fourth-order valence-electron chi connectivity index (χ4n) is 3.95. The highest BCUT2D eigenvalue weighted by molar-refractivity contribution is 5.71. The normalized spacial score (nSPS) is 13.6. The van der Waals surface area contributed by atoms with E-state index in [-0.39, 0.29) is 0 Å². The minimum Gasteiger partial charge on any atom is -0.497 e. The van der Waals surface area contributed by atoms with E-state index in [2.05, 4.69) is 32.3 Å². The lowest BCUT2D eigenvalue weighted by Crippen LogP contribution is -2.19. The Labute approximate surface area is 165 Å². The molecule has 148 valence electrons. The summed E-state index contributed by atoms with van der Waals surface area (Å²) in [4.78, 5) is 2.27. The van der Waals surface area contributed by atoms with Crippen LogP contribution in [0.1, 0.15) is 35.4 Å². The molecule has 0 aliphatic heterocycles. The van der Waals surface area contributed by atoms with Crippen molar-refractivity contribution in [2.75, 3.05) is 21.3 Å². The van der Waals surface area contributed by atoms with E-state index in [0.29, 0.717) is 0 Å². The number of benzene rings is 1. The molecule has 1 aliphatic rings. The van der Waals surface area contributed by atoms with Gasteiger partial charge >= 0.3 is 0 Å². The van der Waals surface area contributed by atoms with E-state index < -0.39 is 0 Å². The van der Waals surface area contributed by atoms with Gasteiger partial charge in [0.1, 0.15) is 11.5 Å². The van der Waals surface area contributed by atoms with Gasteiger partial charge < -0.3 is 9.47 Å². The molecule has 0 radical (unpaired) electrons. The van der Waals surface area contributed by atoms with Crippen LogP contribution in [0.25, 0.3) is 11.3 Å². The maximum absolute atomic E-state index is 5.56. The second kappa shape index (κ2) is 8.06. The summed E-state index contributed by atoms with van der Waals surface area (Å²) in [6.45, 7) is 1.58. The summed E-state index contributed by atoms with van der Waals surface area (Å²) < 4.78 is 10.9. The molecular weight excluding hydrogens is 354 g/mol. The van der Waals surface area contributed by atoms with Crippen molar-refractivity contribution in [3.05, 3.63) is 46.9 Å². The van der Waals surface area contributed by atoms with Gasteiger partial charge in [0.05, 0.1) is 31.8 Å². The quantitative estimate of drug-likeness (QED) is 0.656. The van der Waals surface area contributed by atoms with Crippen molar-refractivity contribution in [1.82, 2.24) is 25.3 Å². The van der Waals surface area contributed by atoms with E-state index in [0.717, 1.165) is 54.3 Å². The number of aryl methyl sites for hydroxylation is 1. The molecule has 3 aromatic rings. The Kier molecular flexibility index (Phi) is 5.34. The van der Waals surface area contributed by atoms with E-state index in [4.69, 9.17) is 9.47 Å². The number of methoxy groups -OCH3 is 2. The Morgan fingerprint density at radius 2 is 1.93 bits per heavy atom. The molecule has 4 rings (SSSR count). The van der Waals surface area contributed by atoms with Crippen molar-refractivity contribution in [2.24, 2.45) is 0 Å². The minimum atomic E-state index is 0.758. The molecule has 2 N–H and O–H groups in total. The molecule has 0 unspecified atom stereocenters. The summed E-state index contributed by atoms with van der Waals surface area (Å²) in [5, 5.41) is 15.2. The van der Waals surface area contributed by atoms with Gasteiger partial charge in [-0.3, -0.25) is 15.1 Å². The molecule has 0 spiro atoms. The first-order chi connectivity index (χ1) is 13.7. The fourth-order valence-corrected chi connectivity index (χ4v) is 3.95. The molecule has 0 amide bonds. The van der Waals surface area contributed by atoms with Crippen LogP contribution in [0.4, 0.5) is 0 Å². The Balaban J connectivity index is 1.53. The molecule has 2 aromatic heterocycles. The lowest BCUT2D eigenvalue weighted by Gasteiger charge is -2.18. The predicted octanol–water partition coefficient (Wildman–Crippen LogP) is 3.33. The van der Waals surface area contributed by atoms with Gasteiger partial charge in [-0.1, -0.05) is 0 Å². The highest BCUT2D eigenvalue weighted by atomic mass is 16.5. The Morgan fingerprint density at radius 1 is 1.07 bits per heavy atom. The van der Waals surface area contributed by atoms with Crippen LogP contribution in [0, 0.1) is 0 Å². The molecule has 28 heavy (non-hydrogen) atoms. The monoisotopic (exact) mass is 381 g/mol. The second-order valence-electron chi connectivity index (χ2n) is 7.34. The molecule has 0 atom stereocenters. The van der Waals surface area contributed by atoms with Gasteiger partial charge in [0.2, 0.25) is 0 Å². The summed E-state index contributed by atoms with van der Waals surface area (Å²) in [5.74, 6) is 1.52. The number of aromatic nitrogens is 4. The summed E-state index contributed by atoms with van der Waals surface area (Å²) in [6.07, 6.45) is 6.65. The van der Waals surface area contributed by atoms with Crippen LogP contribution in [-0.2, 0) is 25.9 Å². The zero-order valence-corrected chi connectivity index (χ0v) is 16.7. The van der Waals surface area contributed by atoms with Gasteiger partial charge in [-0.15, -0.1) is 0 Å². The van der Waals surface area contributed by atoms with E-state index in [1.54, 1.807) is 14.2 Å². The number of nitrogens with zero attached hydrogens (tertiary/aromatic N) is 3. The number of aromatic amines is 2. The number of rotatable bonds is 7. The first-order valence-corrected chi connectivity index (χ1v) is 9.67. The molecule has 0 saturated heterocycles. The summed E-state index contributed by atoms with van der Waals surface area (Å²) in [6, 6.07) is 5.82. The standard InChI is InChI=1S/C21H27N5O2/c1-26(13-19-16-6-4-5-7-18(16)23-24-19)12-14-11-22-25-21(14)17-9-8-15(27-2)10-20(17)28-3/h8-11H,4-7,12-13H2,1-3H3,(H,22,25)(H,23,24). The average molecular weight is 381 g/mol. The maximum Gasteiger partial charge on any atom is 0.131 e. The van der Waals surface area contributed by atoms with Crippen molar-refractivity contribution in [3.63, 3.8) is 0 Å². The topological polar surface area (TPSA) is 79.1 Å². The van der Waals surface area contributed by atoms with E-state index in [1.165, 1.54) is 29.8 Å². The average Bonchev–Trinajstić information content (AvgIpc) is 3.34. The highest BCUT2D eigenvalue weighted by Gasteiger charge is 2.19. The first kappa shape index (κ1) is 18.6. The predicted molar refractivity (Wildman–Crippen MR) is 108 cm³/mol. The molecule has 1 aliphatic carbocycles. The van der Waals surface area contributed by atoms with E-state index in [9.17, 15) is 0 Å². The van der Waals surface area contributed by atoms with E-state index in [1.807, 2.05) is 24.4 Å². The summed E-state index contributed by atoms with van der Waals surface area (Å²) in [5.41, 5.74) is 6.97. The van der Waals surface area contributed by atoms with Gasteiger partial charge in [-0.05, 0) is 50.4 Å². The number of hydrogen-bond acceptors (Lipinski definition) is 5. The largest absolute Gasteiger partial charge is 0.497 e. The molecule has 2 heterocycles. The Hall–Kier alpha value is -2.80. The first-order valence-electron chi connectivity index (χ1n) is 9.67. The second-order valence-corrected chi connectivity index (χ2v) is 7.34. The molecule has 1 aromatic carbocycles. The van der Waals surface area contributed by atoms with Gasteiger partial charge in [-0.2, -0.15) is 10.2 Å². The van der Waals surface area contributed by atoms with Crippen LogP contribution in [0.15, 0.2) is 24.4 Å². The number of nitrogens with one attached hydrogen (secondary N) is 2. The number of fused-ring (bicyclic) bond motifs is 1. The lowest BCUT2D eigenvalue weighted by molar-refractivity contribution is 0.314. The third-order valence-corrected chi connectivity index (χ3v) is 5.40. The van der Waals surface area contributed by atoms with Crippen LogP contribution in [-0.4, -0.2) is 46.6 Å². The van der Waals surface area contributed by atoms with Crippen molar-refractivity contribution in [2.45, 2.75) is 38.8 Å². The fraction of sp³-hybridized carbons (Fsp3) is 0.429. The maximum atomic E-state index is 5.56. The van der Waals surface area contributed by atoms with Crippen LogP contribution < -0.4 is 9.47 Å². The number of ether oxygens (including phenoxy) is 2. The Morgan fingerprint density at radius 3 is 2.75 bits per heavy atom. The minimum absolute atomic E-state index is 0.758. The molecule has 7 heteroatoms. The summed E-state index contributed by atoms with van der Waals surface area (Å²) >= 11 is 0. The number of hydrogen-bond donors (Lipinski definition) is 2. The highest BCUT2D eigenvalue weighted by Crippen LogP contribution is 2.34. The SMILES string of the molecule is COc1ccc(-c2[nH]ncc2CN(C)Cc2n[nH]c3c2CCCC3)c(OC)c1. The molecule has 0 saturated carbocycles. The summed E-state index contributed by atoms with van der Waals surface area (Å²) in [7, 11) is 5.44. The Bertz CT molecular complexity index is 946. The molecule has 7 nitrogen and oxygen atoms in total. The van der Waals surface area contributed by atoms with Gasteiger partial charge in [0.25, 0.3) is 0 Å².